The van der Waals surface area contributed by atoms with Crippen molar-refractivity contribution in [3.63, 3.8) is 0 Å². The van der Waals surface area contributed by atoms with Gasteiger partial charge in [0.2, 0.25) is 10.0 Å². The lowest BCUT2D eigenvalue weighted by molar-refractivity contribution is 0.0981. The molecule has 0 N–H and O–H groups in total. The van der Waals surface area contributed by atoms with E-state index < -0.39 is 10.0 Å². The van der Waals surface area contributed by atoms with Crippen molar-refractivity contribution in [1.29, 1.82) is 0 Å². The Morgan fingerprint density at radius 2 is 1.68 bits per heavy atom. The summed E-state index contributed by atoms with van der Waals surface area (Å²) in [6.45, 7) is 2.09. The second-order valence-electron chi connectivity index (χ2n) is 7.80. The van der Waals surface area contributed by atoms with Crippen LogP contribution in [0.5, 0.6) is 0 Å². The normalized spacial score (nSPS) is 15.6. The maximum Gasteiger partial charge on any atom is 0.258 e. The minimum atomic E-state index is -3.58. The molecule has 1 atom stereocenters. The van der Waals surface area contributed by atoms with Crippen molar-refractivity contribution in [2.24, 2.45) is 0 Å². The lowest BCUT2D eigenvalue weighted by atomic mass is 10.1. The number of hydrogen-bond acceptors (Lipinski definition) is 3. The van der Waals surface area contributed by atoms with E-state index in [-0.39, 0.29) is 24.3 Å². The molecule has 0 aromatic heterocycles. The molecule has 31 heavy (non-hydrogen) atoms. The molecule has 0 saturated carbocycles. The summed E-state index contributed by atoms with van der Waals surface area (Å²) in [5, 5.41) is 0. The van der Waals surface area contributed by atoms with E-state index in [9.17, 15) is 17.6 Å². The number of carbonyl (C=O) groups excluding carboxylic acids is 1. The lowest BCUT2D eigenvalue weighted by Gasteiger charge is -2.24. The number of halogens is 1. The fourth-order valence-corrected chi connectivity index (χ4v) is 4.83. The fraction of sp³-hybridized carbons (Fsp3) is 0.208. The SMILES string of the molecule is CC1Cc2ccccc2N1C(=O)c1ccc(N(Cc2ccc(F)cc2)S(C)(=O)=O)cc1. The first-order chi connectivity index (χ1) is 14.7. The zero-order chi connectivity index (χ0) is 22.2. The molecule has 0 bridgehead atoms. The molecular formula is C24H23FN2O3S. The van der Waals surface area contributed by atoms with Crippen molar-refractivity contribution in [2.75, 3.05) is 15.5 Å². The van der Waals surface area contributed by atoms with Crippen LogP contribution in [0, 0.1) is 5.82 Å². The molecule has 0 spiro atoms. The summed E-state index contributed by atoms with van der Waals surface area (Å²) in [4.78, 5) is 15.0. The summed E-state index contributed by atoms with van der Waals surface area (Å²) in [5.41, 5.74) is 3.65. The number of amides is 1. The topological polar surface area (TPSA) is 57.7 Å². The van der Waals surface area contributed by atoms with Gasteiger partial charge in [0.05, 0.1) is 18.5 Å². The van der Waals surface area contributed by atoms with Gasteiger partial charge in [0.25, 0.3) is 5.91 Å². The van der Waals surface area contributed by atoms with Gasteiger partial charge in [-0.25, -0.2) is 12.8 Å². The molecule has 160 valence electrons. The highest BCUT2D eigenvalue weighted by atomic mass is 32.2. The van der Waals surface area contributed by atoms with Gasteiger partial charge in [-0.2, -0.15) is 0 Å². The van der Waals surface area contributed by atoms with Crippen LogP contribution in [0.15, 0.2) is 72.8 Å². The number of hydrogen-bond donors (Lipinski definition) is 0. The molecule has 5 nitrogen and oxygen atoms in total. The van der Waals surface area contributed by atoms with Crippen LogP contribution in [-0.4, -0.2) is 26.6 Å². The van der Waals surface area contributed by atoms with Crippen LogP contribution in [0.1, 0.15) is 28.4 Å². The van der Waals surface area contributed by atoms with Gasteiger partial charge >= 0.3 is 0 Å². The van der Waals surface area contributed by atoms with E-state index in [1.807, 2.05) is 31.2 Å². The number of sulfonamides is 1. The third-order valence-electron chi connectivity index (χ3n) is 5.47. The van der Waals surface area contributed by atoms with Gasteiger partial charge in [-0.05, 0) is 66.9 Å². The first-order valence-electron chi connectivity index (χ1n) is 9.98. The third-order valence-corrected chi connectivity index (χ3v) is 6.61. The Hall–Kier alpha value is -3.19. The summed E-state index contributed by atoms with van der Waals surface area (Å²) in [6.07, 6.45) is 1.93. The van der Waals surface area contributed by atoms with Gasteiger partial charge in [-0.3, -0.25) is 9.10 Å². The molecule has 1 amide bonds. The van der Waals surface area contributed by atoms with E-state index >= 15 is 0 Å². The van der Waals surface area contributed by atoms with E-state index in [0.29, 0.717) is 16.8 Å². The third kappa shape index (κ3) is 4.32. The van der Waals surface area contributed by atoms with Crippen molar-refractivity contribution < 1.29 is 17.6 Å². The first kappa shape index (κ1) is 21.1. The maximum atomic E-state index is 13.2. The van der Waals surface area contributed by atoms with Crippen LogP contribution in [0.3, 0.4) is 0 Å². The van der Waals surface area contributed by atoms with Crippen LogP contribution in [0.25, 0.3) is 0 Å². The predicted octanol–water partition coefficient (Wildman–Crippen LogP) is 4.38. The standard InChI is InChI=1S/C24H23FN2O3S/c1-17-15-20-5-3-4-6-23(20)27(17)24(28)19-9-13-22(14-10-19)26(31(2,29)30)16-18-7-11-21(25)12-8-18/h3-14,17H,15-16H2,1-2H3. The zero-order valence-electron chi connectivity index (χ0n) is 17.3. The number of benzene rings is 3. The molecule has 0 saturated heterocycles. The Morgan fingerprint density at radius 1 is 1.03 bits per heavy atom. The summed E-state index contributed by atoms with van der Waals surface area (Å²) < 4.78 is 39.2. The molecule has 1 aliphatic heterocycles. The molecule has 4 rings (SSSR count). The minimum Gasteiger partial charge on any atom is -0.305 e. The number of anilines is 2. The minimum absolute atomic E-state index is 0.0515. The van der Waals surface area contributed by atoms with Gasteiger partial charge in [-0.1, -0.05) is 30.3 Å². The van der Waals surface area contributed by atoms with E-state index in [1.54, 1.807) is 41.3 Å². The predicted molar refractivity (Wildman–Crippen MR) is 120 cm³/mol. The molecule has 3 aromatic carbocycles. The van der Waals surface area contributed by atoms with Crippen LogP contribution < -0.4 is 9.21 Å². The lowest BCUT2D eigenvalue weighted by Crippen LogP contribution is -2.35. The molecule has 1 heterocycles. The quantitative estimate of drug-likeness (QED) is 0.594. The highest BCUT2D eigenvalue weighted by molar-refractivity contribution is 7.92. The molecule has 1 unspecified atom stereocenters. The largest absolute Gasteiger partial charge is 0.305 e. The van der Waals surface area contributed by atoms with E-state index in [4.69, 9.17) is 0 Å². The van der Waals surface area contributed by atoms with Crippen molar-refractivity contribution in [1.82, 2.24) is 0 Å². The monoisotopic (exact) mass is 438 g/mol. The number of nitrogens with zero attached hydrogens (tertiary/aromatic N) is 2. The van der Waals surface area contributed by atoms with Gasteiger partial charge in [0, 0.05) is 17.3 Å². The smallest absolute Gasteiger partial charge is 0.258 e. The Kier molecular flexibility index (Phi) is 5.54. The Labute approximate surface area is 181 Å². The molecule has 0 aliphatic carbocycles. The molecule has 1 aliphatic rings. The Balaban J connectivity index is 1.60. The van der Waals surface area contributed by atoms with Gasteiger partial charge in [-0.15, -0.1) is 0 Å². The number of rotatable bonds is 5. The zero-order valence-corrected chi connectivity index (χ0v) is 18.1. The first-order valence-corrected chi connectivity index (χ1v) is 11.8. The molecule has 3 aromatic rings. The average Bonchev–Trinajstić information content (AvgIpc) is 3.08. The average molecular weight is 439 g/mol. The van der Waals surface area contributed by atoms with Gasteiger partial charge in [0.1, 0.15) is 5.82 Å². The number of para-hydroxylation sites is 1. The van der Waals surface area contributed by atoms with Crippen LogP contribution >= 0.6 is 0 Å². The van der Waals surface area contributed by atoms with Crippen LogP contribution in [0.2, 0.25) is 0 Å². The van der Waals surface area contributed by atoms with Crippen molar-refractivity contribution in [2.45, 2.75) is 25.9 Å². The second-order valence-corrected chi connectivity index (χ2v) is 9.71. The summed E-state index contributed by atoms with van der Waals surface area (Å²) >= 11 is 0. The fourth-order valence-electron chi connectivity index (χ4n) is 3.94. The summed E-state index contributed by atoms with van der Waals surface area (Å²) in [6, 6.07) is 20.2. The van der Waals surface area contributed by atoms with Gasteiger partial charge in [0.15, 0.2) is 0 Å². The molecule has 7 heteroatoms. The molecule has 0 fully saturated rings. The molecular weight excluding hydrogens is 415 g/mol. The number of fused-ring (bicyclic) bond motifs is 1. The van der Waals surface area contributed by atoms with Crippen LogP contribution in [-0.2, 0) is 23.0 Å². The van der Waals surface area contributed by atoms with Gasteiger partial charge < -0.3 is 4.90 Å². The van der Waals surface area contributed by atoms with Crippen LogP contribution in [0.4, 0.5) is 15.8 Å². The van der Waals surface area contributed by atoms with E-state index in [0.717, 1.165) is 23.9 Å². The van der Waals surface area contributed by atoms with E-state index in [2.05, 4.69) is 0 Å². The van der Waals surface area contributed by atoms with E-state index in [1.165, 1.54) is 16.4 Å². The summed E-state index contributed by atoms with van der Waals surface area (Å²) in [5.74, 6) is -0.497. The Bertz CT molecular complexity index is 1210. The molecule has 0 radical (unpaired) electrons. The number of carbonyl (C=O) groups is 1. The van der Waals surface area contributed by atoms with Crippen molar-refractivity contribution in [3.8, 4) is 0 Å². The van der Waals surface area contributed by atoms with Crippen molar-refractivity contribution in [3.05, 3.63) is 95.3 Å². The second kappa shape index (κ2) is 8.15. The highest BCUT2D eigenvalue weighted by Gasteiger charge is 2.31. The van der Waals surface area contributed by atoms with Crippen molar-refractivity contribution >= 4 is 27.3 Å². The summed E-state index contributed by atoms with van der Waals surface area (Å²) in [7, 11) is -3.58. The highest BCUT2D eigenvalue weighted by Crippen LogP contribution is 2.33. The maximum absolute atomic E-state index is 13.2. The Morgan fingerprint density at radius 3 is 2.32 bits per heavy atom.